The molecule has 1 atom stereocenters. The molecular formula is C14H30O4Si. The zero-order valence-corrected chi connectivity index (χ0v) is 14.3. The molecule has 1 unspecified atom stereocenters. The molecule has 0 saturated carbocycles. The van der Waals surface area contributed by atoms with Gasteiger partial charge in [0.2, 0.25) is 0 Å². The van der Waals surface area contributed by atoms with E-state index in [0.717, 1.165) is 12.5 Å². The van der Waals surface area contributed by atoms with Crippen LogP contribution in [0.3, 0.4) is 0 Å². The van der Waals surface area contributed by atoms with E-state index >= 15 is 0 Å². The van der Waals surface area contributed by atoms with E-state index in [9.17, 15) is 0 Å². The summed E-state index contributed by atoms with van der Waals surface area (Å²) in [6, 6.07) is 0.805. The minimum Gasteiger partial charge on any atom is -0.474 e. The smallest absolute Gasteiger partial charge is 0.474 e. The first-order chi connectivity index (χ1) is 8.99. The molecule has 0 aromatic heterocycles. The lowest BCUT2D eigenvalue weighted by atomic mass is 10.3. The van der Waals surface area contributed by atoms with E-state index < -0.39 is 8.80 Å². The maximum atomic E-state index is 6.00. The molecule has 114 valence electrons. The molecule has 0 aromatic carbocycles. The van der Waals surface area contributed by atoms with Crippen molar-refractivity contribution in [2.45, 2.75) is 60.3 Å². The zero-order valence-electron chi connectivity index (χ0n) is 13.3. The predicted molar refractivity (Wildman–Crippen MR) is 79.7 cm³/mol. The van der Waals surface area contributed by atoms with E-state index in [0.29, 0.717) is 19.1 Å². The normalized spacial score (nSPS) is 14.3. The lowest BCUT2D eigenvalue weighted by Gasteiger charge is -2.32. The second kappa shape index (κ2) is 10.4. The van der Waals surface area contributed by atoms with Crippen molar-refractivity contribution >= 4 is 8.80 Å². The van der Waals surface area contributed by atoms with Gasteiger partial charge in [0.05, 0.1) is 6.26 Å². The molecule has 0 heterocycles. The van der Waals surface area contributed by atoms with Crippen molar-refractivity contribution in [3.63, 3.8) is 0 Å². The van der Waals surface area contributed by atoms with Crippen molar-refractivity contribution in [3.8, 4) is 0 Å². The first-order valence-electron chi connectivity index (χ1n) is 7.25. The van der Waals surface area contributed by atoms with Gasteiger partial charge < -0.3 is 18.0 Å². The summed E-state index contributed by atoms with van der Waals surface area (Å²) >= 11 is 0. The van der Waals surface area contributed by atoms with Crippen molar-refractivity contribution in [2.24, 2.45) is 5.92 Å². The molecule has 0 N–H and O–H groups in total. The monoisotopic (exact) mass is 290 g/mol. The van der Waals surface area contributed by atoms with Gasteiger partial charge in [-0.1, -0.05) is 20.8 Å². The Morgan fingerprint density at radius 3 is 2.00 bits per heavy atom. The highest BCUT2D eigenvalue weighted by atomic mass is 28.4. The van der Waals surface area contributed by atoms with Gasteiger partial charge in [-0.15, -0.1) is 0 Å². The summed E-state index contributed by atoms with van der Waals surface area (Å²) in [6.45, 7) is 13.3. The van der Waals surface area contributed by atoms with Crippen molar-refractivity contribution < 1.29 is 18.0 Å². The van der Waals surface area contributed by atoms with E-state index in [1.807, 2.05) is 26.8 Å². The van der Waals surface area contributed by atoms with Crippen LogP contribution >= 0.6 is 0 Å². The van der Waals surface area contributed by atoms with Gasteiger partial charge in [-0.2, -0.15) is 0 Å². The Kier molecular flexibility index (Phi) is 10.2. The molecule has 0 radical (unpaired) electrons. The van der Waals surface area contributed by atoms with Crippen LogP contribution in [0.4, 0.5) is 0 Å². The van der Waals surface area contributed by atoms with Gasteiger partial charge in [0.15, 0.2) is 6.29 Å². The quantitative estimate of drug-likeness (QED) is 0.328. The first-order valence-corrected chi connectivity index (χ1v) is 9.19. The average Bonchev–Trinajstić information content (AvgIpc) is 2.28. The van der Waals surface area contributed by atoms with Gasteiger partial charge >= 0.3 is 8.80 Å². The molecule has 0 aliphatic carbocycles. The maximum absolute atomic E-state index is 6.00. The summed E-state index contributed by atoms with van der Waals surface area (Å²) in [4.78, 5) is 0. The van der Waals surface area contributed by atoms with E-state index in [1.165, 1.54) is 0 Å². The predicted octanol–water partition coefficient (Wildman–Crippen LogP) is 3.96. The van der Waals surface area contributed by atoms with Gasteiger partial charge in [-0.3, -0.25) is 0 Å². The lowest BCUT2D eigenvalue weighted by molar-refractivity contribution is -0.0730. The third-order valence-corrected chi connectivity index (χ3v) is 5.80. The number of allylic oxidation sites excluding steroid dienone is 1. The highest BCUT2D eigenvalue weighted by Crippen LogP contribution is 2.23. The van der Waals surface area contributed by atoms with Gasteiger partial charge in [0, 0.05) is 19.3 Å². The molecule has 0 aliphatic heterocycles. The van der Waals surface area contributed by atoms with Crippen molar-refractivity contribution in [3.05, 3.63) is 12.3 Å². The molecule has 0 aromatic rings. The maximum Gasteiger partial charge on any atom is 0.503 e. The second-order valence-electron chi connectivity index (χ2n) is 4.75. The fraction of sp³-hybridized carbons (Fsp3) is 0.857. The molecule has 0 aliphatic rings. The van der Waals surface area contributed by atoms with Crippen LogP contribution < -0.4 is 0 Å². The summed E-state index contributed by atoms with van der Waals surface area (Å²) in [7, 11) is -2.64. The number of hydrogen-bond donors (Lipinski definition) is 0. The Balaban J connectivity index is 4.64. The fourth-order valence-electron chi connectivity index (χ4n) is 1.76. The summed E-state index contributed by atoms with van der Waals surface area (Å²) in [6.07, 6.45) is 4.22. The van der Waals surface area contributed by atoms with Crippen molar-refractivity contribution in [1.82, 2.24) is 0 Å². The minimum absolute atomic E-state index is 0.355. The highest BCUT2D eigenvalue weighted by molar-refractivity contribution is 6.60. The molecule has 0 amide bonds. The number of ether oxygens (including phenoxy) is 1. The van der Waals surface area contributed by atoms with Crippen LogP contribution in [0.1, 0.15) is 48.0 Å². The Hall–Kier alpha value is -0.363. The Morgan fingerprint density at radius 1 is 1.00 bits per heavy atom. The molecular weight excluding hydrogens is 260 g/mol. The molecule has 0 fully saturated rings. The van der Waals surface area contributed by atoms with Gasteiger partial charge in [0.1, 0.15) is 0 Å². The summed E-state index contributed by atoms with van der Waals surface area (Å²) < 4.78 is 23.2. The van der Waals surface area contributed by atoms with Crippen molar-refractivity contribution in [1.29, 1.82) is 0 Å². The van der Waals surface area contributed by atoms with Crippen LogP contribution in [0.15, 0.2) is 12.3 Å². The van der Waals surface area contributed by atoms with E-state index in [1.54, 1.807) is 6.26 Å². The highest BCUT2D eigenvalue weighted by Gasteiger charge is 2.43. The molecule has 0 saturated heterocycles. The number of rotatable bonds is 11. The van der Waals surface area contributed by atoms with Crippen LogP contribution in [-0.4, -0.2) is 28.3 Å². The topological polar surface area (TPSA) is 36.9 Å². The minimum atomic E-state index is -2.64. The summed E-state index contributed by atoms with van der Waals surface area (Å²) in [5.41, 5.74) is 0. The molecule has 5 heteroatoms. The Labute approximate surface area is 119 Å². The van der Waals surface area contributed by atoms with Gasteiger partial charge in [-0.25, -0.2) is 0 Å². The van der Waals surface area contributed by atoms with Crippen LogP contribution in [-0.2, 0) is 18.0 Å². The second-order valence-corrected chi connectivity index (χ2v) is 7.34. The SMILES string of the molecule is CCC=COC(C)O[Si](CC(C)C)(OCC)OCC. The van der Waals surface area contributed by atoms with E-state index in [2.05, 4.69) is 20.8 Å². The number of hydrogen-bond acceptors (Lipinski definition) is 4. The van der Waals surface area contributed by atoms with E-state index in [-0.39, 0.29) is 6.29 Å². The molecule has 19 heavy (non-hydrogen) atoms. The molecule has 0 spiro atoms. The largest absolute Gasteiger partial charge is 0.503 e. The third-order valence-electron chi connectivity index (χ3n) is 2.33. The Bertz CT molecular complexity index is 238. The van der Waals surface area contributed by atoms with Crippen LogP contribution in [0.25, 0.3) is 0 Å². The van der Waals surface area contributed by atoms with Gasteiger partial charge in [0.25, 0.3) is 0 Å². The zero-order chi connectivity index (χ0) is 14.7. The fourth-order valence-corrected chi connectivity index (χ4v) is 4.75. The van der Waals surface area contributed by atoms with Crippen LogP contribution in [0.5, 0.6) is 0 Å². The molecule has 0 rings (SSSR count). The lowest BCUT2D eigenvalue weighted by Crippen LogP contribution is -2.49. The van der Waals surface area contributed by atoms with Crippen LogP contribution in [0, 0.1) is 5.92 Å². The van der Waals surface area contributed by atoms with Crippen molar-refractivity contribution in [2.75, 3.05) is 13.2 Å². The Morgan fingerprint density at radius 2 is 1.58 bits per heavy atom. The third kappa shape index (κ3) is 8.42. The van der Waals surface area contributed by atoms with E-state index in [4.69, 9.17) is 18.0 Å². The summed E-state index contributed by atoms with van der Waals surface area (Å²) in [5, 5.41) is 0. The standard InChI is InChI=1S/C14H30O4Si/c1-7-10-11-15-14(6)18-19(16-8-2,17-9-3)12-13(4)5/h10-11,13-14H,7-9,12H2,1-6H3. The first kappa shape index (κ1) is 18.6. The molecule has 4 nitrogen and oxygen atoms in total. The summed E-state index contributed by atoms with van der Waals surface area (Å²) in [5.74, 6) is 0.461. The molecule has 0 bridgehead atoms. The van der Waals surface area contributed by atoms with Gasteiger partial charge in [-0.05, 0) is 39.2 Å². The average molecular weight is 290 g/mol. The van der Waals surface area contributed by atoms with Crippen LogP contribution in [0.2, 0.25) is 6.04 Å².